The number of likely N-dealkylation sites (tertiary alicyclic amines) is 1. The lowest BCUT2D eigenvalue weighted by molar-refractivity contribution is -0.149. The fraction of sp³-hybridized carbons (Fsp3) is 0.318. The number of esters is 1. The lowest BCUT2D eigenvalue weighted by Gasteiger charge is -2.31. The number of benzene rings is 2. The summed E-state index contributed by atoms with van der Waals surface area (Å²) in [6.45, 7) is 0.778. The molecule has 0 aliphatic carbocycles. The van der Waals surface area contributed by atoms with Gasteiger partial charge in [0.05, 0.1) is 6.54 Å². The number of rotatable bonds is 7. The molecule has 1 saturated heterocycles. The standard InChI is InChI=1S/C22H23NO4/c24-20-13-19(11-12-21(25)27-16-18-9-5-2-6-10-18)22(26)23(15-20)14-17-7-3-1-4-8-17/h1-10,19H,11-16H2/t19-/m1/s1. The minimum atomic E-state index is -0.445. The van der Waals surface area contributed by atoms with E-state index in [2.05, 4.69) is 0 Å². The quantitative estimate of drug-likeness (QED) is 0.707. The number of hydrogen-bond acceptors (Lipinski definition) is 4. The van der Waals surface area contributed by atoms with Crippen LogP contribution >= 0.6 is 0 Å². The van der Waals surface area contributed by atoms with Crippen molar-refractivity contribution in [2.45, 2.75) is 32.4 Å². The Labute approximate surface area is 158 Å². The molecule has 0 radical (unpaired) electrons. The molecule has 0 spiro atoms. The van der Waals surface area contributed by atoms with E-state index >= 15 is 0 Å². The fourth-order valence-corrected chi connectivity index (χ4v) is 3.24. The molecule has 3 rings (SSSR count). The maximum Gasteiger partial charge on any atom is 0.306 e. The summed E-state index contributed by atoms with van der Waals surface area (Å²) in [7, 11) is 0. The third-order valence-electron chi connectivity index (χ3n) is 4.66. The lowest BCUT2D eigenvalue weighted by Crippen LogP contribution is -2.45. The van der Waals surface area contributed by atoms with Gasteiger partial charge in [-0.1, -0.05) is 60.7 Å². The van der Waals surface area contributed by atoms with Crippen molar-refractivity contribution < 1.29 is 19.1 Å². The first-order valence-corrected chi connectivity index (χ1v) is 9.16. The van der Waals surface area contributed by atoms with Crippen LogP contribution in [0.25, 0.3) is 0 Å². The number of carbonyl (C=O) groups excluding carboxylic acids is 3. The molecule has 5 nitrogen and oxygen atoms in total. The minimum Gasteiger partial charge on any atom is -0.461 e. The van der Waals surface area contributed by atoms with Crippen molar-refractivity contribution >= 4 is 17.7 Å². The van der Waals surface area contributed by atoms with E-state index < -0.39 is 5.92 Å². The van der Waals surface area contributed by atoms with E-state index in [9.17, 15) is 14.4 Å². The average Bonchev–Trinajstić information content (AvgIpc) is 2.69. The summed E-state index contributed by atoms with van der Waals surface area (Å²) >= 11 is 0. The Balaban J connectivity index is 1.50. The molecule has 0 unspecified atom stereocenters. The molecule has 1 fully saturated rings. The van der Waals surface area contributed by atoms with Gasteiger partial charge in [0, 0.05) is 25.3 Å². The van der Waals surface area contributed by atoms with Crippen molar-refractivity contribution in [3.8, 4) is 0 Å². The molecule has 0 bridgehead atoms. The van der Waals surface area contributed by atoms with Crippen LogP contribution < -0.4 is 0 Å². The molecule has 2 aromatic carbocycles. The second-order valence-electron chi connectivity index (χ2n) is 6.80. The Morgan fingerprint density at radius 2 is 1.59 bits per heavy atom. The fourth-order valence-electron chi connectivity index (χ4n) is 3.24. The van der Waals surface area contributed by atoms with Crippen molar-refractivity contribution in [3.63, 3.8) is 0 Å². The highest BCUT2D eigenvalue weighted by molar-refractivity contribution is 5.94. The number of nitrogens with zero attached hydrogens (tertiary/aromatic N) is 1. The van der Waals surface area contributed by atoms with Gasteiger partial charge in [-0.15, -0.1) is 0 Å². The van der Waals surface area contributed by atoms with Crippen LogP contribution in [-0.4, -0.2) is 29.1 Å². The van der Waals surface area contributed by atoms with E-state index in [1.807, 2.05) is 60.7 Å². The second kappa shape index (κ2) is 9.12. The molecular weight excluding hydrogens is 342 g/mol. The maximum absolute atomic E-state index is 12.7. The predicted molar refractivity (Wildman–Crippen MR) is 100 cm³/mol. The number of piperidine rings is 1. The van der Waals surface area contributed by atoms with Crippen LogP contribution in [-0.2, 0) is 32.3 Å². The van der Waals surface area contributed by atoms with Crippen molar-refractivity contribution in [3.05, 3.63) is 71.8 Å². The number of ether oxygens (including phenoxy) is 1. The lowest BCUT2D eigenvalue weighted by atomic mass is 9.91. The SMILES string of the molecule is O=C1C[C@@H](CCC(=O)OCc2ccccc2)C(=O)N(Cc2ccccc2)C1. The molecular formula is C22H23NO4. The smallest absolute Gasteiger partial charge is 0.306 e. The Morgan fingerprint density at radius 3 is 2.26 bits per heavy atom. The third-order valence-corrected chi connectivity index (χ3v) is 4.66. The summed E-state index contributed by atoms with van der Waals surface area (Å²) in [5.41, 5.74) is 1.91. The number of ketones is 1. The highest BCUT2D eigenvalue weighted by Crippen LogP contribution is 2.22. The number of carbonyl (C=O) groups is 3. The molecule has 1 heterocycles. The van der Waals surface area contributed by atoms with Gasteiger partial charge in [0.25, 0.3) is 0 Å². The maximum atomic E-state index is 12.7. The zero-order valence-corrected chi connectivity index (χ0v) is 15.2. The van der Waals surface area contributed by atoms with Crippen LogP contribution in [0.2, 0.25) is 0 Å². The third kappa shape index (κ3) is 5.51. The zero-order valence-electron chi connectivity index (χ0n) is 15.2. The Kier molecular flexibility index (Phi) is 6.36. The summed E-state index contributed by atoms with van der Waals surface area (Å²) in [4.78, 5) is 38.3. The van der Waals surface area contributed by atoms with E-state index in [0.29, 0.717) is 13.0 Å². The number of hydrogen-bond donors (Lipinski definition) is 0. The van der Waals surface area contributed by atoms with Crippen molar-refractivity contribution in [1.29, 1.82) is 0 Å². The van der Waals surface area contributed by atoms with Gasteiger partial charge in [0.2, 0.25) is 5.91 Å². The Bertz CT molecular complexity index is 788. The highest BCUT2D eigenvalue weighted by atomic mass is 16.5. The average molecular weight is 365 g/mol. The monoisotopic (exact) mass is 365 g/mol. The van der Waals surface area contributed by atoms with Gasteiger partial charge in [0.1, 0.15) is 6.61 Å². The summed E-state index contributed by atoms with van der Waals surface area (Å²) in [6.07, 6.45) is 0.676. The number of amides is 1. The van der Waals surface area contributed by atoms with Crippen LogP contribution in [0.15, 0.2) is 60.7 Å². The highest BCUT2D eigenvalue weighted by Gasteiger charge is 2.33. The largest absolute Gasteiger partial charge is 0.461 e. The van der Waals surface area contributed by atoms with Crippen LogP contribution in [0.4, 0.5) is 0 Å². The van der Waals surface area contributed by atoms with E-state index in [-0.39, 0.29) is 43.7 Å². The summed E-state index contributed by atoms with van der Waals surface area (Å²) in [5, 5.41) is 0. The molecule has 1 aliphatic rings. The summed E-state index contributed by atoms with van der Waals surface area (Å²) in [5.74, 6) is -0.819. The molecule has 1 atom stereocenters. The molecule has 140 valence electrons. The first kappa shape index (κ1) is 18.8. The van der Waals surface area contributed by atoms with Gasteiger partial charge < -0.3 is 9.64 Å². The topological polar surface area (TPSA) is 63.7 Å². The van der Waals surface area contributed by atoms with Gasteiger partial charge in [-0.2, -0.15) is 0 Å². The van der Waals surface area contributed by atoms with Gasteiger partial charge in [-0.05, 0) is 17.5 Å². The molecule has 5 heteroatoms. The molecule has 1 amide bonds. The first-order chi connectivity index (χ1) is 13.1. The Morgan fingerprint density at radius 1 is 0.963 bits per heavy atom. The molecule has 0 N–H and O–H groups in total. The Hall–Kier alpha value is -2.95. The van der Waals surface area contributed by atoms with Crippen molar-refractivity contribution in [2.24, 2.45) is 5.92 Å². The van der Waals surface area contributed by atoms with Crippen LogP contribution in [0, 0.1) is 5.92 Å². The molecule has 0 saturated carbocycles. The molecule has 2 aromatic rings. The van der Waals surface area contributed by atoms with Crippen LogP contribution in [0.5, 0.6) is 0 Å². The molecule has 1 aliphatic heterocycles. The predicted octanol–water partition coefficient (Wildman–Crippen LogP) is 3.13. The van der Waals surface area contributed by atoms with E-state index in [4.69, 9.17) is 4.74 Å². The van der Waals surface area contributed by atoms with E-state index in [1.54, 1.807) is 4.90 Å². The van der Waals surface area contributed by atoms with Crippen molar-refractivity contribution in [1.82, 2.24) is 4.90 Å². The van der Waals surface area contributed by atoms with Crippen LogP contribution in [0.3, 0.4) is 0 Å². The van der Waals surface area contributed by atoms with Gasteiger partial charge in [-0.25, -0.2) is 0 Å². The van der Waals surface area contributed by atoms with Gasteiger partial charge >= 0.3 is 5.97 Å². The minimum absolute atomic E-state index is 0.0354. The van der Waals surface area contributed by atoms with Crippen molar-refractivity contribution in [2.75, 3.05) is 6.54 Å². The normalized spacial score (nSPS) is 17.0. The summed E-state index contributed by atoms with van der Waals surface area (Å²) in [6, 6.07) is 19.0. The summed E-state index contributed by atoms with van der Waals surface area (Å²) < 4.78 is 5.25. The molecule has 0 aromatic heterocycles. The second-order valence-corrected chi connectivity index (χ2v) is 6.80. The first-order valence-electron chi connectivity index (χ1n) is 9.16. The zero-order chi connectivity index (χ0) is 19.1. The van der Waals surface area contributed by atoms with E-state index in [1.165, 1.54) is 0 Å². The molecule has 27 heavy (non-hydrogen) atoms. The van der Waals surface area contributed by atoms with Gasteiger partial charge in [0.15, 0.2) is 5.78 Å². The van der Waals surface area contributed by atoms with Gasteiger partial charge in [-0.3, -0.25) is 14.4 Å². The van der Waals surface area contributed by atoms with Crippen LogP contribution in [0.1, 0.15) is 30.4 Å². The van der Waals surface area contributed by atoms with E-state index in [0.717, 1.165) is 11.1 Å². The number of Topliss-reactive ketones (excluding diaryl/α,β-unsaturated/α-hetero) is 1.